The number of aliphatic carboxylic acids is 1. The molecular formula is C12H23NO3. The zero-order chi connectivity index (χ0) is 12.2. The lowest BCUT2D eigenvalue weighted by molar-refractivity contribution is -0.137. The molecule has 94 valence electrons. The van der Waals surface area contributed by atoms with Crippen LogP contribution < -0.4 is 5.32 Å². The third kappa shape index (κ3) is 11.0. The average Bonchev–Trinajstić information content (AvgIpc) is 2.23. The van der Waals surface area contributed by atoms with Crippen LogP contribution in [0.3, 0.4) is 0 Å². The molecule has 0 aliphatic carbocycles. The maximum absolute atomic E-state index is 11.3. The van der Waals surface area contributed by atoms with E-state index in [0.29, 0.717) is 19.4 Å². The van der Waals surface area contributed by atoms with Crippen LogP contribution in [0.15, 0.2) is 0 Å². The van der Waals surface area contributed by atoms with E-state index in [1.807, 2.05) is 0 Å². The fraction of sp³-hybridized carbons (Fsp3) is 0.833. The number of carboxylic acids is 1. The lowest BCUT2D eigenvalue weighted by Gasteiger charge is -2.04. The summed E-state index contributed by atoms with van der Waals surface area (Å²) < 4.78 is 0. The number of carbonyl (C=O) groups is 2. The largest absolute Gasteiger partial charge is 0.481 e. The smallest absolute Gasteiger partial charge is 0.303 e. The molecule has 0 aliphatic rings. The van der Waals surface area contributed by atoms with Crippen LogP contribution in [-0.4, -0.2) is 23.5 Å². The second-order valence-electron chi connectivity index (χ2n) is 4.01. The zero-order valence-electron chi connectivity index (χ0n) is 10.1. The number of unbranched alkanes of at least 4 members (excludes halogenated alkanes) is 4. The molecule has 0 saturated carbocycles. The Morgan fingerprint density at radius 1 is 1.00 bits per heavy atom. The minimum absolute atomic E-state index is 0.117. The first-order valence-electron chi connectivity index (χ1n) is 6.15. The highest BCUT2D eigenvalue weighted by atomic mass is 16.4. The predicted molar refractivity (Wildman–Crippen MR) is 63.3 cm³/mol. The second-order valence-corrected chi connectivity index (χ2v) is 4.01. The molecule has 0 radical (unpaired) electrons. The average molecular weight is 229 g/mol. The van der Waals surface area contributed by atoms with Crippen molar-refractivity contribution in [1.82, 2.24) is 5.32 Å². The third-order valence-corrected chi connectivity index (χ3v) is 2.40. The van der Waals surface area contributed by atoms with E-state index in [4.69, 9.17) is 5.11 Å². The molecule has 4 nitrogen and oxygen atoms in total. The lowest BCUT2D eigenvalue weighted by Crippen LogP contribution is -2.23. The maximum atomic E-state index is 11.3. The first-order chi connectivity index (χ1) is 7.66. The summed E-state index contributed by atoms with van der Waals surface area (Å²) in [7, 11) is 0. The highest BCUT2D eigenvalue weighted by Crippen LogP contribution is 2.00. The van der Waals surface area contributed by atoms with Gasteiger partial charge in [-0.1, -0.05) is 26.2 Å². The quantitative estimate of drug-likeness (QED) is 0.565. The molecule has 0 aromatic carbocycles. The zero-order valence-corrected chi connectivity index (χ0v) is 10.1. The molecule has 0 unspecified atom stereocenters. The Morgan fingerprint density at radius 2 is 1.69 bits per heavy atom. The van der Waals surface area contributed by atoms with Gasteiger partial charge in [0.05, 0.1) is 0 Å². The second kappa shape index (κ2) is 10.5. The number of rotatable bonds is 10. The minimum Gasteiger partial charge on any atom is -0.481 e. The highest BCUT2D eigenvalue weighted by Gasteiger charge is 2.00. The van der Waals surface area contributed by atoms with Crippen LogP contribution in [-0.2, 0) is 9.59 Å². The SMILES string of the molecule is CCCCCC(=O)NCCCCCC(=O)O. The summed E-state index contributed by atoms with van der Waals surface area (Å²) in [6, 6.07) is 0. The first kappa shape index (κ1) is 14.9. The monoisotopic (exact) mass is 229 g/mol. The Bertz CT molecular complexity index is 204. The van der Waals surface area contributed by atoms with E-state index in [1.165, 1.54) is 0 Å². The molecular weight excluding hydrogens is 206 g/mol. The standard InChI is InChI=1S/C12H23NO3/c1-2-3-5-8-11(14)13-10-7-4-6-9-12(15)16/h2-10H2,1H3,(H,13,14)(H,15,16). The van der Waals surface area contributed by atoms with Crippen molar-refractivity contribution >= 4 is 11.9 Å². The molecule has 0 bridgehead atoms. The summed E-state index contributed by atoms with van der Waals surface area (Å²) in [4.78, 5) is 21.5. The Labute approximate surface area is 97.4 Å². The molecule has 0 spiro atoms. The van der Waals surface area contributed by atoms with Crippen LogP contribution in [0.4, 0.5) is 0 Å². The number of carbonyl (C=O) groups excluding carboxylic acids is 1. The van der Waals surface area contributed by atoms with Gasteiger partial charge >= 0.3 is 5.97 Å². The summed E-state index contributed by atoms with van der Waals surface area (Å²) >= 11 is 0. The van der Waals surface area contributed by atoms with Crippen molar-refractivity contribution in [3.8, 4) is 0 Å². The number of hydrogen-bond acceptors (Lipinski definition) is 2. The number of amides is 1. The van der Waals surface area contributed by atoms with E-state index >= 15 is 0 Å². The molecule has 0 aromatic rings. The summed E-state index contributed by atoms with van der Waals surface area (Å²) in [6.07, 6.45) is 6.46. The summed E-state index contributed by atoms with van der Waals surface area (Å²) in [5, 5.41) is 11.3. The lowest BCUT2D eigenvalue weighted by atomic mass is 10.2. The van der Waals surface area contributed by atoms with E-state index in [9.17, 15) is 9.59 Å². The molecule has 4 heteroatoms. The van der Waals surface area contributed by atoms with Crippen LogP contribution >= 0.6 is 0 Å². The Morgan fingerprint density at radius 3 is 2.31 bits per heavy atom. The number of hydrogen-bond donors (Lipinski definition) is 2. The van der Waals surface area contributed by atoms with Crippen LogP contribution in [0, 0.1) is 0 Å². The molecule has 16 heavy (non-hydrogen) atoms. The fourth-order valence-corrected chi connectivity index (χ4v) is 1.43. The molecule has 0 aromatic heterocycles. The molecule has 0 atom stereocenters. The molecule has 0 fully saturated rings. The van der Waals surface area contributed by atoms with Gasteiger partial charge in [-0.15, -0.1) is 0 Å². The molecule has 0 saturated heterocycles. The molecule has 0 rings (SSSR count). The van der Waals surface area contributed by atoms with Gasteiger partial charge < -0.3 is 10.4 Å². The third-order valence-electron chi connectivity index (χ3n) is 2.40. The van der Waals surface area contributed by atoms with Crippen LogP contribution in [0.5, 0.6) is 0 Å². The Kier molecular flexibility index (Phi) is 9.76. The fourth-order valence-electron chi connectivity index (χ4n) is 1.43. The number of carboxylic acid groups (broad SMARTS) is 1. The van der Waals surface area contributed by atoms with Gasteiger partial charge in [-0.2, -0.15) is 0 Å². The van der Waals surface area contributed by atoms with Crippen molar-refractivity contribution in [3.63, 3.8) is 0 Å². The van der Waals surface area contributed by atoms with Gasteiger partial charge in [-0.05, 0) is 19.3 Å². The van der Waals surface area contributed by atoms with E-state index < -0.39 is 5.97 Å². The Balaban J connectivity index is 3.18. The van der Waals surface area contributed by atoms with E-state index in [1.54, 1.807) is 0 Å². The normalized spacial score (nSPS) is 10.1. The van der Waals surface area contributed by atoms with Crippen LogP contribution in [0.25, 0.3) is 0 Å². The maximum Gasteiger partial charge on any atom is 0.303 e. The first-order valence-corrected chi connectivity index (χ1v) is 6.15. The van der Waals surface area contributed by atoms with Gasteiger partial charge in [0, 0.05) is 19.4 Å². The number of nitrogens with one attached hydrogen (secondary N) is 1. The highest BCUT2D eigenvalue weighted by molar-refractivity contribution is 5.75. The van der Waals surface area contributed by atoms with E-state index in [2.05, 4.69) is 12.2 Å². The molecule has 0 heterocycles. The molecule has 2 N–H and O–H groups in total. The summed E-state index contributed by atoms with van der Waals surface area (Å²) in [6.45, 7) is 2.78. The van der Waals surface area contributed by atoms with Crippen LogP contribution in [0.2, 0.25) is 0 Å². The minimum atomic E-state index is -0.747. The van der Waals surface area contributed by atoms with E-state index in [-0.39, 0.29) is 12.3 Å². The van der Waals surface area contributed by atoms with Crippen molar-refractivity contribution in [2.24, 2.45) is 0 Å². The van der Waals surface area contributed by atoms with Crippen molar-refractivity contribution in [3.05, 3.63) is 0 Å². The predicted octanol–water partition coefficient (Wildman–Crippen LogP) is 2.33. The van der Waals surface area contributed by atoms with Crippen molar-refractivity contribution in [1.29, 1.82) is 0 Å². The van der Waals surface area contributed by atoms with Gasteiger partial charge in [0.1, 0.15) is 0 Å². The Hall–Kier alpha value is -1.06. The van der Waals surface area contributed by atoms with Gasteiger partial charge in [-0.25, -0.2) is 0 Å². The van der Waals surface area contributed by atoms with Gasteiger partial charge in [0.25, 0.3) is 0 Å². The topological polar surface area (TPSA) is 66.4 Å². The van der Waals surface area contributed by atoms with Crippen LogP contribution in [0.1, 0.15) is 58.3 Å². The molecule has 0 aliphatic heterocycles. The van der Waals surface area contributed by atoms with Gasteiger partial charge in [0.15, 0.2) is 0 Å². The van der Waals surface area contributed by atoms with Crippen molar-refractivity contribution < 1.29 is 14.7 Å². The summed E-state index contributed by atoms with van der Waals surface area (Å²) in [5.41, 5.74) is 0. The van der Waals surface area contributed by atoms with E-state index in [0.717, 1.165) is 32.1 Å². The van der Waals surface area contributed by atoms with Gasteiger partial charge in [-0.3, -0.25) is 9.59 Å². The van der Waals surface area contributed by atoms with Gasteiger partial charge in [0.2, 0.25) is 5.91 Å². The molecule has 1 amide bonds. The van der Waals surface area contributed by atoms with Crippen molar-refractivity contribution in [2.75, 3.05) is 6.54 Å². The summed E-state index contributed by atoms with van der Waals surface area (Å²) in [5.74, 6) is -0.629. The van der Waals surface area contributed by atoms with Crippen molar-refractivity contribution in [2.45, 2.75) is 58.3 Å².